The lowest BCUT2D eigenvalue weighted by molar-refractivity contribution is 0.0695. The minimum Gasteiger partial charge on any atom is -0.335 e. The second-order valence-electron chi connectivity index (χ2n) is 5.04. The van der Waals surface area contributed by atoms with Crippen LogP contribution in [0, 0.1) is 6.92 Å². The highest BCUT2D eigenvalue weighted by atomic mass is 79.9. The number of amides is 1. The Morgan fingerprint density at radius 1 is 1.42 bits per heavy atom. The highest BCUT2D eigenvalue weighted by molar-refractivity contribution is 9.09. The summed E-state index contributed by atoms with van der Waals surface area (Å²) in [6, 6.07) is 5.95. The van der Waals surface area contributed by atoms with Crippen LogP contribution in [0.2, 0.25) is 5.02 Å². The molecule has 0 spiro atoms. The van der Waals surface area contributed by atoms with Gasteiger partial charge in [-0.1, -0.05) is 46.4 Å². The number of alkyl halides is 1. The molecule has 1 aromatic carbocycles. The van der Waals surface area contributed by atoms with Crippen LogP contribution in [0.25, 0.3) is 0 Å². The van der Waals surface area contributed by atoms with E-state index in [1.54, 1.807) is 0 Å². The zero-order chi connectivity index (χ0) is 13.8. The van der Waals surface area contributed by atoms with Gasteiger partial charge in [0.15, 0.2) is 0 Å². The molecule has 0 radical (unpaired) electrons. The minimum absolute atomic E-state index is 0.117. The van der Waals surface area contributed by atoms with Crippen molar-refractivity contribution in [3.8, 4) is 0 Å². The van der Waals surface area contributed by atoms with Crippen molar-refractivity contribution in [1.82, 2.24) is 4.90 Å². The average molecular weight is 345 g/mol. The number of carbonyl (C=O) groups is 1. The van der Waals surface area contributed by atoms with Crippen LogP contribution in [0.3, 0.4) is 0 Å². The van der Waals surface area contributed by atoms with Gasteiger partial charge < -0.3 is 4.90 Å². The molecule has 2 nitrogen and oxygen atoms in total. The van der Waals surface area contributed by atoms with E-state index in [0.717, 1.165) is 35.8 Å². The number of hydrogen-bond acceptors (Lipinski definition) is 1. The molecule has 0 bridgehead atoms. The first-order valence-electron chi connectivity index (χ1n) is 6.77. The third-order valence-electron chi connectivity index (χ3n) is 3.85. The smallest absolute Gasteiger partial charge is 0.254 e. The van der Waals surface area contributed by atoms with Crippen molar-refractivity contribution in [3.63, 3.8) is 0 Å². The molecule has 1 fully saturated rings. The normalized spacial score (nSPS) is 15.7. The Morgan fingerprint density at radius 2 is 2.11 bits per heavy atom. The van der Waals surface area contributed by atoms with Gasteiger partial charge in [0.1, 0.15) is 0 Å². The van der Waals surface area contributed by atoms with Crippen molar-refractivity contribution in [2.24, 2.45) is 0 Å². The molecule has 0 atom stereocenters. The summed E-state index contributed by atoms with van der Waals surface area (Å²) in [5, 5.41) is 1.48. The molecule has 104 valence electrons. The van der Waals surface area contributed by atoms with Crippen LogP contribution < -0.4 is 0 Å². The van der Waals surface area contributed by atoms with Crippen molar-refractivity contribution in [2.45, 2.75) is 38.6 Å². The van der Waals surface area contributed by atoms with Crippen LogP contribution >= 0.6 is 27.5 Å². The van der Waals surface area contributed by atoms with Crippen molar-refractivity contribution in [3.05, 3.63) is 34.3 Å². The molecule has 2 rings (SSSR count). The van der Waals surface area contributed by atoms with E-state index in [0.29, 0.717) is 11.1 Å². The van der Waals surface area contributed by atoms with E-state index in [1.807, 2.05) is 30.0 Å². The Kier molecular flexibility index (Phi) is 5.28. The highest BCUT2D eigenvalue weighted by Gasteiger charge is 2.27. The second kappa shape index (κ2) is 6.76. The fraction of sp³-hybridized carbons (Fsp3) is 0.533. The molecular formula is C15H19BrClNO. The van der Waals surface area contributed by atoms with Crippen LogP contribution in [0.5, 0.6) is 0 Å². The van der Waals surface area contributed by atoms with Gasteiger partial charge in [-0.15, -0.1) is 0 Å². The van der Waals surface area contributed by atoms with E-state index in [1.165, 1.54) is 12.8 Å². The number of benzene rings is 1. The Labute approximate surface area is 128 Å². The standard InChI is InChI=1S/C15H19BrClNO/c1-11-13(7-4-8-14(11)17)15(19)18(10-9-16)12-5-2-3-6-12/h4,7-8,12H,2-3,5-6,9-10H2,1H3. The summed E-state index contributed by atoms with van der Waals surface area (Å²) in [4.78, 5) is 14.8. The molecule has 0 aromatic heterocycles. The fourth-order valence-corrected chi connectivity index (χ4v) is 3.31. The largest absolute Gasteiger partial charge is 0.335 e. The molecule has 1 aliphatic rings. The van der Waals surface area contributed by atoms with Gasteiger partial charge in [-0.2, -0.15) is 0 Å². The number of nitrogens with zero attached hydrogens (tertiary/aromatic N) is 1. The summed E-state index contributed by atoms with van der Waals surface area (Å²) < 4.78 is 0. The lowest BCUT2D eigenvalue weighted by atomic mass is 10.1. The first kappa shape index (κ1) is 14.9. The molecule has 0 unspecified atom stereocenters. The molecule has 4 heteroatoms. The summed E-state index contributed by atoms with van der Waals surface area (Å²) >= 11 is 9.57. The predicted octanol–water partition coefficient (Wildman–Crippen LogP) is 4.43. The molecule has 1 amide bonds. The van der Waals surface area contributed by atoms with Gasteiger partial charge >= 0.3 is 0 Å². The zero-order valence-corrected chi connectivity index (χ0v) is 13.5. The number of halogens is 2. The SMILES string of the molecule is Cc1c(Cl)cccc1C(=O)N(CCBr)C1CCCC1. The Balaban J connectivity index is 2.25. The lowest BCUT2D eigenvalue weighted by Gasteiger charge is -2.29. The van der Waals surface area contributed by atoms with Gasteiger partial charge in [0, 0.05) is 28.5 Å². The summed E-state index contributed by atoms with van der Waals surface area (Å²) in [6.07, 6.45) is 4.70. The quantitative estimate of drug-likeness (QED) is 0.740. The molecular weight excluding hydrogens is 326 g/mol. The summed E-state index contributed by atoms with van der Waals surface area (Å²) in [6.45, 7) is 2.67. The maximum atomic E-state index is 12.7. The zero-order valence-electron chi connectivity index (χ0n) is 11.2. The van der Waals surface area contributed by atoms with Gasteiger partial charge in [-0.05, 0) is 37.5 Å². The van der Waals surface area contributed by atoms with Crippen LogP contribution in [0.15, 0.2) is 18.2 Å². The molecule has 1 saturated carbocycles. The van der Waals surface area contributed by atoms with E-state index in [4.69, 9.17) is 11.6 Å². The van der Waals surface area contributed by atoms with E-state index in [-0.39, 0.29) is 5.91 Å². The average Bonchev–Trinajstić information content (AvgIpc) is 2.92. The van der Waals surface area contributed by atoms with Crippen LogP contribution in [0.4, 0.5) is 0 Å². The molecule has 1 aliphatic carbocycles. The van der Waals surface area contributed by atoms with Crippen molar-refractivity contribution >= 4 is 33.4 Å². The molecule has 0 N–H and O–H groups in total. The molecule has 19 heavy (non-hydrogen) atoms. The molecule has 0 aliphatic heterocycles. The van der Waals surface area contributed by atoms with Gasteiger partial charge in [-0.25, -0.2) is 0 Å². The van der Waals surface area contributed by atoms with E-state index in [9.17, 15) is 4.79 Å². The van der Waals surface area contributed by atoms with Gasteiger partial charge in [0.2, 0.25) is 0 Å². The lowest BCUT2D eigenvalue weighted by Crippen LogP contribution is -2.40. The monoisotopic (exact) mass is 343 g/mol. The second-order valence-corrected chi connectivity index (χ2v) is 6.24. The molecule has 0 heterocycles. The number of carbonyl (C=O) groups excluding carboxylic acids is 1. The van der Waals surface area contributed by atoms with E-state index in [2.05, 4.69) is 15.9 Å². The van der Waals surface area contributed by atoms with Crippen molar-refractivity contribution in [1.29, 1.82) is 0 Å². The minimum atomic E-state index is 0.117. The van der Waals surface area contributed by atoms with E-state index < -0.39 is 0 Å². The van der Waals surface area contributed by atoms with Gasteiger partial charge in [-0.3, -0.25) is 4.79 Å². The Hall–Kier alpha value is -0.540. The topological polar surface area (TPSA) is 20.3 Å². The Bertz CT molecular complexity index is 457. The third-order valence-corrected chi connectivity index (χ3v) is 4.61. The summed E-state index contributed by atoms with van der Waals surface area (Å²) in [7, 11) is 0. The van der Waals surface area contributed by atoms with Crippen molar-refractivity contribution in [2.75, 3.05) is 11.9 Å². The Morgan fingerprint density at radius 3 is 2.74 bits per heavy atom. The van der Waals surface area contributed by atoms with E-state index >= 15 is 0 Å². The van der Waals surface area contributed by atoms with Crippen molar-refractivity contribution < 1.29 is 4.79 Å². The summed E-state index contributed by atoms with van der Waals surface area (Å²) in [5.74, 6) is 0.117. The van der Waals surface area contributed by atoms with Gasteiger partial charge in [0.05, 0.1) is 0 Å². The van der Waals surface area contributed by atoms with Gasteiger partial charge in [0.25, 0.3) is 5.91 Å². The highest BCUT2D eigenvalue weighted by Crippen LogP contribution is 2.27. The maximum absolute atomic E-state index is 12.7. The van der Waals surface area contributed by atoms with Crippen LogP contribution in [-0.4, -0.2) is 28.7 Å². The predicted molar refractivity (Wildman–Crippen MR) is 83.3 cm³/mol. The number of hydrogen-bond donors (Lipinski definition) is 0. The van der Waals surface area contributed by atoms with Crippen LogP contribution in [-0.2, 0) is 0 Å². The third kappa shape index (κ3) is 3.32. The molecule has 1 aromatic rings. The van der Waals surface area contributed by atoms with Crippen LogP contribution in [0.1, 0.15) is 41.6 Å². The first-order chi connectivity index (χ1) is 9.15. The molecule has 0 saturated heterocycles. The maximum Gasteiger partial charge on any atom is 0.254 e. The number of rotatable bonds is 4. The fourth-order valence-electron chi connectivity index (χ4n) is 2.75. The first-order valence-corrected chi connectivity index (χ1v) is 8.27. The summed E-state index contributed by atoms with van der Waals surface area (Å²) in [5.41, 5.74) is 1.62.